The van der Waals surface area contributed by atoms with Crippen molar-refractivity contribution in [2.45, 2.75) is 37.5 Å². The minimum Gasteiger partial charge on any atom is -0.381 e. The molecule has 1 N–H and O–H groups in total. The van der Waals surface area contributed by atoms with Gasteiger partial charge in [0.05, 0.1) is 11.1 Å². The van der Waals surface area contributed by atoms with E-state index in [1.807, 2.05) is 41.3 Å². The Hall–Kier alpha value is -2.73. The number of benzene rings is 1. The van der Waals surface area contributed by atoms with Crippen molar-refractivity contribution in [1.29, 1.82) is 0 Å². The predicted octanol–water partition coefficient (Wildman–Crippen LogP) is 2.73. The third-order valence-electron chi connectivity index (χ3n) is 6.89. The topological polar surface area (TPSA) is 71.5 Å². The molecule has 2 aliphatic rings. The molecule has 3 heterocycles. The Balaban J connectivity index is 1.65. The quantitative estimate of drug-likeness (QED) is 0.806. The van der Waals surface area contributed by atoms with Gasteiger partial charge >= 0.3 is 0 Å². The third-order valence-corrected chi connectivity index (χ3v) is 6.89. The predicted molar refractivity (Wildman–Crippen MR) is 118 cm³/mol. The molecule has 4 rings (SSSR count). The van der Waals surface area contributed by atoms with Crippen LogP contribution < -0.4 is 5.32 Å². The van der Waals surface area contributed by atoms with Gasteiger partial charge in [-0.1, -0.05) is 36.4 Å². The molecular formula is C25H31N3O3. The Kier molecular flexibility index (Phi) is 6.37. The fourth-order valence-corrected chi connectivity index (χ4v) is 5.18. The number of nitrogens with zero attached hydrogens (tertiary/aromatic N) is 2. The Morgan fingerprint density at radius 3 is 2.48 bits per heavy atom. The van der Waals surface area contributed by atoms with E-state index in [1.165, 1.54) is 0 Å². The molecule has 0 saturated carbocycles. The summed E-state index contributed by atoms with van der Waals surface area (Å²) in [6, 6.07) is 15.9. The maximum atomic E-state index is 14.0. The minimum atomic E-state index is -0.816. The van der Waals surface area contributed by atoms with Crippen molar-refractivity contribution in [3.63, 3.8) is 0 Å². The molecule has 0 aliphatic carbocycles. The smallest absolute Gasteiger partial charge is 0.233 e. The van der Waals surface area contributed by atoms with Crippen LogP contribution >= 0.6 is 0 Å². The van der Waals surface area contributed by atoms with Crippen molar-refractivity contribution >= 4 is 11.8 Å². The first-order valence-corrected chi connectivity index (χ1v) is 11.1. The third kappa shape index (κ3) is 4.22. The number of likely N-dealkylation sites (N-methyl/N-ethyl adjacent to an activating group) is 1. The van der Waals surface area contributed by atoms with E-state index in [-0.39, 0.29) is 11.8 Å². The van der Waals surface area contributed by atoms with Crippen LogP contribution in [0.5, 0.6) is 0 Å². The van der Waals surface area contributed by atoms with Crippen LogP contribution in [0.15, 0.2) is 54.7 Å². The van der Waals surface area contributed by atoms with Crippen LogP contribution in [-0.2, 0) is 26.2 Å². The molecule has 1 aromatic carbocycles. The van der Waals surface area contributed by atoms with Crippen molar-refractivity contribution < 1.29 is 14.3 Å². The highest BCUT2D eigenvalue weighted by atomic mass is 16.5. The summed E-state index contributed by atoms with van der Waals surface area (Å²) >= 11 is 0. The maximum absolute atomic E-state index is 14.0. The summed E-state index contributed by atoms with van der Waals surface area (Å²) in [5.74, 6) is 0.0661. The summed E-state index contributed by atoms with van der Waals surface area (Å²) in [6.45, 7) is 2.21. The Labute approximate surface area is 184 Å². The molecule has 31 heavy (non-hydrogen) atoms. The molecular weight excluding hydrogens is 390 g/mol. The van der Waals surface area contributed by atoms with E-state index in [2.05, 4.69) is 22.4 Å². The second-order valence-electron chi connectivity index (χ2n) is 8.76. The van der Waals surface area contributed by atoms with Gasteiger partial charge in [-0.25, -0.2) is 0 Å². The number of ether oxygens (including phenoxy) is 1. The van der Waals surface area contributed by atoms with E-state index in [0.717, 1.165) is 17.7 Å². The maximum Gasteiger partial charge on any atom is 0.233 e. The fraction of sp³-hybridized carbons (Fsp3) is 0.480. The number of aromatic nitrogens is 1. The molecule has 164 valence electrons. The SMILES string of the molecule is CNC(=O)[C@@]1(c2ccccn2)CCCN(C(=O)C2(Cc3ccccc3)CCOCC2)C1. The van der Waals surface area contributed by atoms with Gasteiger partial charge in [0.2, 0.25) is 11.8 Å². The van der Waals surface area contributed by atoms with E-state index in [0.29, 0.717) is 52.0 Å². The van der Waals surface area contributed by atoms with Crippen LogP contribution in [0.25, 0.3) is 0 Å². The number of carbonyl (C=O) groups is 2. The number of rotatable bonds is 5. The van der Waals surface area contributed by atoms with Crippen LogP contribution in [-0.4, -0.2) is 55.0 Å². The number of nitrogens with one attached hydrogen (secondary N) is 1. The van der Waals surface area contributed by atoms with E-state index in [4.69, 9.17) is 4.74 Å². The van der Waals surface area contributed by atoms with Crippen LogP contribution in [0.2, 0.25) is 0 Å². The number of likely N-dealkylation sites (tertiary alicyclic amines) is 1. The van der Waals surface area contributed by atoms with Crippen molar-refractivity contribution in [1.82, 2.24) is 15.2 Å². The second-order valence-corrected chi connectivity index (χ2v) is 8.76. The summed E-state index contributed by atoms with van der Waals surface area (Å²) < 4.78 is 5.62. The second kappa shape index (κ2) is 9.18. The first kappa shape index (κ1) is 21.5. The van der Waals surface area contributed by atoms with Crippen molar-refractivity contribution in [2.75, 3.05) is 33.4 Å². The highest BCUT2D eigenvalue weighted by Crippen LogP contribution is 2.40. The first-order chi connectivity index (χ1) is 15.1. The molecule has 2 saturated heterocycles. The lowest BCUT2D eigenvalue weighted by Crippen LogP contribution is -2.59. The number of hydrogen-bond acceptors (Lipinski definition) is 4. The molecule has 2 amide bonds. The van der Waals surface area contributed by atoms with Gasteiger partial charge in [0, 0.05) is 39.5 Å². The molecule has 0 bridgehead atoms. The van der Waals surface area contributed by atoms with Crippen molar-refractivity contribution in [2.24, 2.45) is 5.41 Å². The average Bonchev–Trinajstić information content (AvgIpc) is 2.84. The standard InChI is InChI=1S/C25H31N3O3/c1-26-22(29)25(21-10-5-6-14-27-21)11-7-15-28(19-25)23(30)24(12-16-31-17-13-24)18-20-8-3-2-4-9-20/h2-6,8-10,14H,7,11-13,15-19H2,1H3,(H,26,29)/t25-/m0/s1. The molecule has 1 aromatic heterocycles. The van der Waals surface area contributed by atoms with E-state index < -0.39 is 10.8 Å². The molecule has 2 aliphatic heterocycles. The summed E-state index contributed by atoms with van der Waals surface area (Å²) in [7, 11) is 1.66. The van der Waals surface area contributed by atoms with E-state index in [1.54, 1.807) is 13.2 Å². The Morgan fingerprint density at radius 1 is 1.06 bits per heavy atom. The first-order valence-electron chi connectivity index (χ1n) is 11.1. The van der Waals surface area contributed by atoms with Gasteiger partial charge in [-0.3, -0.25) is 14.6 Å². The molecule has 0 spiro atoms. The molecule has 6 nitrogen and oxygen atoms in total. The van der Waals surface area contributed by atoms with Crippen LogP contribution in [0.4, 0.5) is 0 Å². The Bertz CT molecular complexity index is 897. The summed E-state index contributed by atoms with van der Waals surface area (Å²) in [6.07, 6.45) is 5.27. The lowest BCUT2D eigenvalue weighted by atomic mass is 9.71. The average molecular weight is 422 g/mol. The lowest BCUT2D eigenvalue weighted by Gasteiger charge is -2.46. The summed E-state index contributed by atoms with van der Waals surface area (Å²) in [5, 5.41) is 2.83. The zero-order valence-electron chi connectivity index (χ0n) is 18.2. The van der Waals surface area contributed by atoms with Gasteiger partial charge in [0.25, 0.3) is 0 Å². The minimum absolute atomic E-state index is 0.0761. The number of hydrogen-bond donors (Lipinski definition) is 1. The van der Waals surface area contributed by atoms with E-state index in [9.17, 15) is 9.59 Å². The summed E-state index contributed by atoms with van der Waals surface area (Å²) in [4.78, 5) is 33.6. The van der Waals surface area contributed by atoms with Crippen molar-refractivity contribution in [3.8, 4) is 0 Å². The Morgan fingerprint density at radius 2 is 1.81 bits per heavy atom. The molecule has 2 fully saturated rings. The van der Waals surface area contributed by atoms with Gasteiger partial charge in [-0.15, -0.1) is 0 Å². The highest BCUT2D eigenvalue weighted by molar-refractivity contribution is 5.90. The lowest BCUT2D eigenvalue weighted by molar-refractivity contribution is -0.151. The zero-order valence-corrected chi connectivity index (χ0v) is 18.2. The molecule has 1 atom stereocenters. The van der Waals surface area contributed by atoms with E-state index >= 15 is 0 Å². The monoisotopic (exact) mass is 421 g/mol. The van der Waals surface area contributed by atoms with Crippen molar-refractivity contribution in [3.05, 3.63) is 66.0 Å². The molecule has 6 heteroatoms. The number of piperidine rings is 1. The van der Waals surface area contributed by atoms with Gasteiger partial charge in [-0.2, -0.15) is 0 Å². The van der Waals surface area contributed by atoms with Gasteiger partial charge in [0.1, 0.15) is 5.41 Å². The molecule has 0 unspecified atom stereocenters. The van der Waals surface area contributed by atoms with Crippen LogP contribution in [0.1, 0.15) is 36.9 Å². The zero-order chi connectivity index (χ0) is 21.7. The highest BCUT2D eigenvalue weighted by Gasteiger charge is 2.49. The fourth-order valence-electron chi connectivity index (χ4n) is 5.18. The molecule has 2 aromatic rings. The number of pyridine rings is 1. The number of carbonyl (C=O) groups excluding carboxylic acids is 2. The largest absolute Gasteiger partial charge is 0.381 e. The van der Waals surface area contributed by atoms with Crippen LogP contribution in [0, 0.1) is 5.41 Å². The van der Waals surface area contributed by atoms with Crippen LogP contribution in [0.3, 0.4) is 0 Å². The summed E-state index contributed by atoms with van der Waals surface area (Å²) in [5.41, 5.74) is 0.589. The normalized spacial score (nSPS) is 23.2. The van der Waals surface area contributed by atoms with Gasteiger partial charge in [0.15, 0.2) is 0 Å². The van der Waals surface area contributed by atoms with Gasteiger partial charge in [-0.05, 0) is 49.8 Å². The van der Waals surface area contributed by atoms with Gasteiger partial charge < -0.3 is 15.0 Å². The number of amides is 2. The molecule has 0 radical (unpaired) electrons.